The Morgan fingerprint density at radius 1 is 1.23 bits per heavy atom. The van der Waals surface area contributed by atoms with E-state index in [0.29, 0.717) is 11.9 Å². The highest BCUT2D eigenvalue weighted by Gasteiger charge is 2.24. The Hall–Kier alpha value is -0.970. The van der Waals surface area contributed by atoms with E-state index in [1.807, 2.05) is 0 Å². The molecular weight excluding hydrogens is 445 g/mol. The molecule has 2 aliphatic heterocycles. The van der Waals surface area contributed by atoms with Crippen LogP contribution in [0.2, 0.25) is 0 Å². The molecule has 2 saturated heterocycles. The number of fused-ring (bicyclic) bond motifs is 1. The van der Waals surface area contributed by atoms with Crippen LogP contribution in [-0.4, -0.2) is 58.6 Å². The second-order valence-corrected chi connectivity index (χ2v) is 8.24. The monoisotopic (exact) mass is 471 g/mol. The summed E-state index contributed by atoms with van der Waals surface area (Å²) in [5.74, 6) is 0.567. The van der Waals surface area contributed by atoms with Crippen molar-refractivity contribution in [3.8, 4) is 0 Å². The topological polar surface area (TPSA) is 78.4 Å². The molecule has 0 amide bonds. The number of nitrogens with two attached hydrogens (primary N) is 1. The quantitative estimate of drug-likeness (QED) is 0.676. The number of piperidine rings is 1. The number of nitrogens with zero attached hydrogens (tertiary/aromatic N) is 4. The van der Waals surface area contributed by atoms with Gasteiger partial charge in [-0.15, -0.1) is 0 Å². The fourth-order valence-electron chi connectivity index (χ4n) is 3.92. The zero-order chi connectivity index (χ0) is 17.9. The lowest BCUT2D eigenvalue weighted by atomic mass is 10.0. The number of halogens is 1. The molecule has 2 N–H and O–H groups in total. The van der Waals surface area contributed by atoms with Gasteiger partial charge in [0.2, 0.25) is 0 Å². The Labute approximate surface area is 167 Å². The molecule has 2 fully saturated rings. The lowest BCUT2D eigenvalue weighted by Crippen LogP contribution is -2.37. The normalized spacial score (nSPS) is 22.9. The molecule has 8 heteroatoms. The summed E-state index contributed by atoms with van der Waals surface area (Å²) in [6, 6.07) is 0.467. The molecular formula is C18H26IN5O2. The van der Waals surface area contributed by atoms with Crippen molar-refractivity contribution >= 4 is 39.4 Å². The fraction of sp³-hybridized carbons (Fsp3) is 0.667. The maximum absolute atomic E-state index is 6.04. The summed E-state index contributed by atoms with van der Waals surface area (Å²) in [6.45, 7) is 4.73. The summed E-state index contributed by atoms with van der Waals surface area (Å²) >= 11 is 2.32. The summed E-state index contributed by atoms with van der Waals surface area (Å²) in [5.41, 5.74) is 6.99. The van der Waals surface area contributed by atoms with Gasteiger partial charge >= 0.3 is 0 Å². The van der Waals surface area contributed by atoms with Crippen LogP contribution in [-0.2, 0) is 9.47 Å². The van der Waals surface area contributed by atoms with Gasteiger partial charge in [0.05, 0.1) is 12.0 Å². The summed E-state index contributed by atoms with van der Waals surface area (Å²) in [6.07, 6.45) is 9.38. The Morgan fingerprint density at radius 3 is 2.85 bits per heavy atom. The van der Waals surface area contributed by atoms with E-state index in [4.69, 9.17) is 15.2 Å². The summed E-state index contributed by atoms with van der Waals surface area (Å²) in [5, 5.41) is 0.983. The van der Waals surface area contributed by atoms with E-state index in [-0.39, 0.29) is 6.29 Å². The number of likely N-dealkylation sites (tertiary alicyclic amines) is 1. The molecule has 0 bridgehead atoms. The number of hydrogen-bond donors (Lipinski definition) is 1. The van der Waals surface area contributed by atoms with E-state index in [9.17, 15) is 0 Å². The van der Waals surface area contributed by atoms with E-state index in [2.05, 4.69) is 48.2 Å². The number of hydrogen-bond acceptors (Lipinski definition) is 6. The minimum Gasteiger partial charge on any atom is -0.383 e. The predicted octanol–water partition coefficient (Wildman–Crippen LogP) is 2.80. The van der Waals surface area contributed by atoms with Crippen LogP contribution in [0.3, 0.4) is 0 Å². The molecule has 4 rings (SSSR count). The van der Waals surface area contributed by atoms with Crippen molar-refractivity contribution in [3.05, 3.63) is 16.1 Å². The average Bonchev–Trinajstić information content (AvgIpc) is 3.01. The number of rotatable bonds is 5. The molecule has 0 spiro atoms. The van der Waals surface area contributed by atoms with Crippen LogP contribution < -0.4 is 5.73 Å². The van der Waals surface area contributed by atoms with E-state index < -0.39 is 0 Å². The van der Waals surface area contributed by atoms with Gasteiger partial charge < -0.3 is 24.7 Å². The molecule has 0 aromatic carbocycles. The highest BCUT2D eigenvalue weighted by Crippen LogP contribution is 2.31. The van der Waals surface area contributed by atoms with Gasteiger partial charge in [-0.3, -0.25) is 0 Å². The first-order valence-electron chi connectivity index (χ1n) is 9.44. The molecule has 4 heterocycles. The van der Waals surface area contributed by atoms with E-state index in [1.165, 1.54) is 6.42 Å². The van der Waals surface area contributed by atoms with E-state index >= 15 is 0 Å². The third-order valence-electron chi connectivity index (χ3n) is 5.39. The van der Waals surface area contributed by atoms with Crippen molar-refractivity contribution < 1.29 is 9.47 Å². The van der Waals surface area contributed by atoms with Crippen molar-refractivity contribution in [2.24, 2.45) is 0 Å². The molecule has 142 valence electrons. The Bertz CT molecular complexity index is 739. The Balaban J connectivity index is 1.30. The minimum atomic E-state index is 0.0137. The molecule has 2 aromatic rings. The largest absolute Gasteiger partial charge is 0.383 e. The molecule has 1 atom stereocenters. The molecule has 2 aliphatic rings. The lowest BCUT2D eigenvalue weighted by Gasteiger charge is -2.33. The van der Waals surface area contributed by atoms with Crippen molar-refractivity contribution in [1.29, 1.82) is 0 Å². The van der Waals surface area contributed by atoms with Crippen LogP contribution in [0.4, 0.5) is 5.82 Å². The van der Waals surface area contributed by atoms with Gasteiger partial charge in [-0.05, 0) is 54.7 Å². The van der Waals surface area contributed by atoms with Crippen LogP contribution >= 0.6 is 22.6 Å². The molecule has 26 heavy (non-hydrogen) atoms. The zero-order valence-corrected chi connectivity index (χ0v) is 17.1. The molecule has 0 radical (unpaired) electrons. The lowest BCUT2D eigenvalue weighted by molar-refractivity contribution is -0.164. The zero-order valence-electron chi connectivity index (χ0n) is 14.9. The highest BCUT2D eigenvalue weighted by molar-refractivity contribution is 14.1. The third kappa shape index (κ3) is 3.97. The van der Waals surface area contributed by atoms with Gasteiger partial charge in [0, 0.05) is 42.1 Å². The second-order valence-electron chi connectivity index (χ2n) is 7.08. The number of aromatic nitrogens is 3. The van der Waals surface area contributed by atoms with E-state index in [0.717, 1.165) is 73.1 Å². The van der Waals surface area contributed by atoms with Crippen LogP contribution in [0.15, 0.2) is 12.5 Å². The average molecular weight is 471 g/mol. The molecule has 0 saturated carbocycles. The Kier molecular flexibility index (Phi) is 5.92. The minimum absolute atomic E-state index is 0.0137. The van der Waals surface area contributed by atoms with Crippen LogP contribution in [0.25, 0.3) is 11.0 Å². The summed E-state index contributed by atoms with van der Waals surface area (Å²) in [7, 11) is 0. The Morgan fingerprint density at radius 2 is 2.08 bits per heavy atom. The number of anilines is 1. The van der Waals surface area contributed by atoms with Crippen LogP contribution in [0, 0.1) is 3.57 Å². The fourth-order valence-corrected chi connectivity index (χ4v) is 4.74. The smallest absolute Gasteiger partial charge is 0.157 e. The van der Waals surface area contributed by atoms with Gasteiger partial charge in [-0.1, -0.05) is 0 Å². The standard InChI is InChI=1S/C18H26IN5O2/c19-14-11-24(18-16(14)17(20)21-12-22-18)13-4-6-23(7-5-13)8-10-26-15-3-1-2-9-25-15/h11-13,15H,1-10H2,(H2,20,21,22). The first-order chi connectivity index (χ1) is 12.7. The van der Waals surface area contributed by atoms with Gasteiger partial charge in [-0.2, -0.15) is 0 Å². The van der Waals surface area contributed by atoms with Crippen molar-refractivity contribution in [2.45, 2.75) is 44.4 Å². The van der Waals surface area contributed by atoms with Crippen molar-refractivity contribution in [3.63, 3.8) is 0 Å². The first kappa shape index (κ1) is 18.4. The molecule has 7 nitrogen and oxygen atoms in total. The second kappa shape index (κ2) is 8.37. The van der Waals surface area contributed by atoms with Gasteiger partial charge in [0.1, 0.15) is 17.8 Å². The van der Waals surface area contributed by atoms with Gasteiger partial charge in [-0.25, -0.2) is 9.97 Å². The molecule has 0 aliphatic carbocycles. The number of ether oxygens (including phenoxy) is 2. The number of nitrogen functional groups attached to an aromatic ring is 1. The maximum atomic E-state index is 6.04. The first-order valence-corrected chi connectivity index (χ1v) is 10.5. The molecule has 1 unspecified atom stereocenters. The summed E-state index contributed by atoms with van der Waals surface area (Å²) < 4.78 is 14.9. The molecule has 2 aromatic heterocycles. The third-order valence-corrected chi connectivity index (χ3v) is 6.21. The van der Waals surface area contributed by atoms with Gasteiger partial charge in [0.15, 0.2) is 6.29 Å². The van der Waals surface area contributed by atoms with Crippen LogP contribution in [0.1, 0.15) is 38.1 Å². The van der Waals surface area contributed by atoms with Gasteiger partial charge in [0.25, 0.3) is 0 Å². The summed E-state index contributed by atoms with van der Waals surface area (Å²) in [4.78, 5) is 11.1. The van der Waals surface area contributed by atoms with E-state index in [1.54, 1.807) is 6.33 Å². The SMILES string of the molecule is Nc1ncnc2c1c(I)cn2C1CCN(CCOC2CCCCO2)CC1. The van der Waals surface area contributed by atoms with Crippen LogP contribution in [0.5, 0.6) is 0 Å². The van der Waals surface area contributed by atoms with Crippen molar-refractivity contribution in [1.82, 2.24) is 19.4 Å². The predicted molar refractivity (Wildman–Crippen MR) is 109 cm³/mol. The highest BCUT2D eigenvalue weighted by atomic mass is 127. The maximum Gasteiger partial charge on any atom is 0.157 e. The van der Waals surface area contributed by atoms with Crippen molar-refractivity contribution in [2.75, 3.05) is 38.6 Å².